The number of hydrogen-bond donors (Lipinski definition) is 0. The van der Waals surface area contributed by atoms with Crippen molar-refractivity contribution in [1.82, 2.24) is 9.13 Å². The van der Waals surface area contributed by atoms with Crippen LogP contribution >= 0.6 is 0 Å². The third-order valence-corrected chi connectivity index (χ3v) is 18.8. The third-order valence-electron chi connectivity index (χ3n) is 14.1. The Bertz CT molecular complexity index is 3370. The molecule has 1 fully saturated rings. The van der Waals surface area contributed by atoms with Crippen LogP contribution in [0.1, 0.15) is 43.6 Å². The monoisotopic (exact) mass is 824 g/mol. The molecule has 2 aromatic heterocycles. The Morgan fingerprint density at radius 1 is 0.317 bits per heavy atom. The Labute approximate surface area is 370 Å². The molecule has 2 heterocycles. The van der Waals surface area contributed by atoms with Crippen LogP contribution in [0.2, 0.25) is 0 Å². The van der Waals surface area contributed by atoms with Gasteiger partial charge in [-0.2, -0.15) is 0 Å². The van der Waals surface area contributed by atoms with E-state index in [1.165, 1.54) is 119 Å². The number of hydrogen-bond acceptors (Lipinski definition) is 0. The van der Waals surface area contributed by atoms with Gasteiger partial charge in [0.05, 0.1) is 22.1 Å². The smallest absolute Gasteiger partial charge is 0.179 e. The first-order valence-corrected chi connectivity index (χ1v) is 24.7. The fourth-order valence-corrected chi connectivity index (χ4v) is 15.9. The zero-order valence-corrected chi connectivity index (χ0v) is 36.4. The Balaban J connectivity index is 1.04. The molecular formula is C60H48N2Si. The SMILES string of the molecule is c1ccc(-c2cccc([Si](c3ccccc3)(c3ccccc3)c3ccc(-n4c5ccccc5c5ccc(-n6c7ccccc7c7cc(C8CCCCC8)ccc76)cc54)cc3)c2)cc1. The van der Waals surface area contributed by atoms with Gasteiger partial charge >= 0.3 is 0 Å². The zero-order chi connectivity index (χ0) is 41.7. The summed E-state index contributed by atoms with van der Waals surface area (Å²) in [5.74, 6) is 0.663. The van der Waals surface area contributed by atoms with Gasteiger partial charge in [-0.3, -0.25) is 0 Å². The van der Waals surface area contributed by atoms with Crippen LogP contribution < -0.4 is 20.7 Å². The molecule has 1 aliphatic carbocycles. The first-order valence-electron chi connectivity index (χ1n) is 22.7. The summed E-state index contributed by atoms with van der Waals surface area (Å²) in [5.41, 5.74) is 11.2. The molecule has 0 bridgehead atoms. The highest BCUT2D eigenvalue weighted by atomic mass is 28.3. The summed E-state index contributed by atoms with van der Waals surface area (Å²) < 4.78 is 4.97. The van der Waals surface area contributed by atoms with E-state index in [1.54, 1.807) is 0 Å². The number of rotatable bonds is 8. The molecule has 0 N–H and O–H groups in total. The lowest BCUT2D eigenvalue weighted by Gasteiger charge is -2.35. The highest BCUT2D eigenvalue weighted by Gasteiger charge is 2.41. The molecule has 2 nitrogen and oxygen atoms in total. The summed E-state index contributed by atoms with van der Waals surface area (Å²) in [4.78, 5) is 0. The Hall–Kier alpha value is -7.20. The highest BCUT2D eigenvalue weighted by Crippen LogP contribution is 2.40. The van der Waals surface area contributed by atoms with Gasteiger partial charge in [-0.15, -0.1) is 0 Å². The van der Waals surface area contributed by atoms with E-state index in [1.807, 2.05) is 0 Å². The van der Waals surface area contributed by atoms with Crippen molar-refractivity contribution in [3.8, 4) is 22.5 Å². The minimum Gasteiger partial charge on any atom is -0.309 e. The first-order chi connectivity index (χ1) is 31.3. The maximum atomic E-state index is 2.51. The lowest BCUT2D eigenvalue weighted by atomic mass is 9.84. The molecule has 12 rings (SSSR count). The quantitative estimate of drug-likeness (QED) is 0.107. The number of fused-ring (bicyclic) bond motifs is 6. The number of aromatic nitrogens is 2. The van der Waals surface area contributed by atoms with Gasteiger partial charge in [-0.1, -0.05) is 195 Å². The van der Waals surface area contributed by atoms with Crippen LogP contribution in [0.4, 0.5) is 0 Å². The van der Waals surface area contributed by atoms with E-state index in [9.17, 15) is 0 Å². The molecule has 0 radical (unpaired) electrons. The maximum Gasteiger partial charge on any atom is 0.179 e. The number of benzene rings is 9. The van der Waals surface area contributed by atoms with E-state index in [4.69, 9.17) is 0 Å². The highest BCUT2D eigenvalue weighted by molar-refractivity contribution is 7.19. The minimum absolute atomic E-state index is 0.663. The van der Waals surface area contributed by atoms with Gasteiger partial charge in [-0.25, -0.2) is 0 Å². The Morgan fingerprint density at radius 2 is 0.825 bits per heavy atom. The largest absolute Gasteiger partial charge is 0.309 e. The van der Waals surface area contributed by atoms with Crippen molar-refractivity contribution < 1.29 is 0 Å². The molecule has 0 unspecified atom stereocenters. The van der Waals surface area contributed by atoms with Gasteiger partial charge in [0, 0.05) is 32.9 Å². The lowest BCUT2D eigenvalue weighted by Crippen LogP contribution is -2.74. The molecule has 0 saturated heterocycles. The van der Waals surface area contributed by atoms with Crippen LogP contribution in [0.15, 0.2) is 224 Å². The second-order valence-corrected chi connectivity index (χ2v) is 21.3. The molecule has 0 atom stereocenters. The molecule has 0 amide bonds. The Kier molecular flexibility index (Phi) is 9.30. The summed E-state index contributed by atoms with van der Waals surface area (Å²) in [5, 5.41) is 10.6. The summed E-state index contributed by atoms with van der Waals surface area (Å²) in [6, 6.07) is 84.5. The summed E-state index contributed by atoms with van der Waals surface area (Å²) in [6.07, 6.45) is 6.65. The second-order valence-electron chi connectivity index (χ2n) is 17.5. The molecule has 11 aromatic rings. The van der Waals surface area contributed by atoms with Crippen LogP contribution in [-0.2, 0) is 0 Å². The van der Waals surface area contributed by atoms with E-state index in [-0.39, 0.29) is 0 Å². The molecular weight excluding hydrogens is 777 g/mol. The lowest BCUT2D eigenvalue weighted by molar-refractivity contribution is 0.444. The van der Waals surface area contributed by atoms with Gasteiger partial charge in [-0.05, 0) is 105 Å². The molecule has 302 valence electrons. The van der Waals surface area contributed by atoms with Crippen molar-refractivity contribution >= 4 is 72.4 Å². The zero-order valence-electron chi connectivity index (χ0n) is 35.4. The van der Waals surface area contributed by atoms with Crippen LogP contribution in [0.3, 0.4) is 0 Å². The Morgan fingerprint density at radius 3 is 1.51 bits per heavy atom. The van der Waals surface area contributed by atoms with Crippen molar-refractivity contribution in [2.75, 3.05) is 0 Å². The summed E-state index contributed by atoms with van der Waals surface area (Å²) in [7, 11) is -2.80. The standard InChI is InChI=1S/C60H48N2Si/c1-5-18-43(19-6-1)45-22-17-27-52(40-45)63(49-23-9-3-10-24-49,50-25-11-4-12-26-50)51-36-33-47(34-37-51)61-57-30-15-13-28-53(57)55-38-35-48(42-60(55)61)62-58-31-16-14-29-54(58)56-41-46(32-39-59(56)62)44-20-7-2-8-21-44/h1,3-6,9-19,22-42,44H,2,7-8,20-21H2. The van der Waals surface area contributed by atoms with Crippen LogP contribution in [0.25, 0.3) is 66.1 Å². The molecule has 1 saturated carbocycles. The average Bonchev–Trinajstić information content (AvgIpc) is 3.88. The predicted molar refractivity (Wildman–Crippen MR) is 270 cm³/mol. The van der Waals surface area contributed by atoms with Gasteiger partial charge in [0.2, 0.25) is 0 Å². The van der Waals surface area contributed by atoms with E-state index in [0.29, 0.717) is 5.92 Å². The third kappa shape index (κ3) is 6.21. The van der Waals surface area contributed by atoms with Gasteiger partial charge in [0.1, 0.15) is 0 Å². The van der Waals surface area contributed by atoms with Crippen molar-refractivity contribution in [1.29, 1.82) is 0 Å². The van der Waals surface area contributed by atoms with E-state index >= 15 is 0 Å². The molecule has 0 spiro atoms. The normalized spacial score (nSPS) is 13.7. The van der Waals surface area contributed by atoms with Crippen LogP contribution in [0.5, 0.6) is 0 Å². The van der Waals surface area contributed by atoms with Gasteiger partial charge < -0.3 is 9.13 Å². The van der Waals surface area contributed by atoms with E-state index < -0.39 is 8.07 Å². The van der Waals surface area contributed by atoms with Gasteiger partial charge in [0.25, 0.3) is 0 Å². The van der Waals surface area contributed by atoms with E-state index in [2.05, 4.69) is 234 Å². The fraction of sp³-hybridized carbons (Fsp3) is 0.100. The van der Waals surface area contributed by atoms with Gasteiger partial charge in [0.15, 0.2) is 8.07 Å². The second kappa shape index (κ2) is 15.6. The van der Waals surface area contributed by atoms with Crippen molar-refractivity contribution in [2.24, 2.45) is 0 Å². The molecule has 63 heavy (non-hydrogen) atoms. The van der Waals surface area contributed by atoms with Crippen molar-refractivity contribution in [2.45, 2.75) is 38.0 Å². The molecule has 1 aliphatic rings. The first kappa shape index (κ1) is 37.5. The minimum atomic E-state index is -2.80. The molecule has 0 aliphatic heterocycles. The van der Waals surface area contributed by atoms with Crippen LogP contribution in [-0.4, -0.2) is 17.2 Å². The van der Waals surface area contributed by atoms with E-state index in [0.717, 1.165) is 5.69 Å². The van der Waals surface area contributed by atoms with Crippen LogP contribution in [0, 0.1) is 0 Å². The average molecular weight is 825 g/mol. The number of para-hydroxylation sites is 2. The summed E-state index contributed by atoms with van der Waals surface area (Å²) >= 11 is 0. The topological polar surface area (TPSA) is 9.86 Å². The molecule has 3 heteroatoms. The fourth-order valence-electron chi connectivity index (χ4n) is 11.1. The summed E-state index contributed by atoms with van der Waals surface area (Å²) in [6.45, 7) is 0. The maximum absolute atomic E-state index is 2.80. The van der Waals surface area contributed by atoms with Crippen molar-refractivity contribution in [3.63, 3.8) is 0 Å². The van der Waals surface area contributed by atoms with Crippen molar-refractivity contribution in [3.05, 3.63) is 230 Å². The molecule has 9 aromatic carbocycles. The number of nitrogens with zero attached hydrogens (tertiary/aromatic N) is 2. The predicted octanol–water partition coefficient (Wildman–Crippen LogP) is 13.0.